The highest BCUT2D eigenvalue weighted by molar-refractivity contribution is 5.62. The average Bonchev–Trinajstić information content (AvgIpc) is 2.88. The van der Waals surface area contributed by atoms with Gasteiger partial charge in [0.2, 0.25) is 0 Å². The Morgan fingerprint density at radius 2 is 2.27 bits per heavy atom. The fourth-order valence-electron chi connectivity index (χ4n) is 5.14. The monoisotopic (exact) mass is 297 g/mol. The van der Waals surface area contributed by atoms with Crippen LogP contribution in [0.15, 0.2) is 12.1 Å². The van der Waals surface area contributed by atoms with E-state index in [1.165, 1.54) is 11.1 Å². The fraction of sp³-hybridized carbons (Fsp3) is 0.556. The maximum atomic E-state index is 10.5. The Balaban J connectivity index is 1.83. The number of likely N-dealkylation sites (N-methyl/N-ethyl adjacent to an activating group) is 1. The van der Waals surface area contributed by atoms with Gasteiger partial charge in [0.15, 0.2) is 17.6 Å². The van der Waals surface area contributed by atoms with Crippen molar-refractivity contribution >= 4 is 0 Å². The minimum Gasteiger partial charge on any atom is -0.493 e. The molecule has 0 saturated carbocycles. The predicted octanol–water partition coefficient (Wildman–Crippen LogP) is 0.948. The van der Waals surface area contributed by atoms with Crippen LogP contribution in [-0.4, -0.2) is 49.0 Å². The second kappa shape index (κ2) is 3.98. The van der Waals surface area contributed by atoms with E-state index in [4.69, 9.17) is 9.47 Å². The van der Waals surface area contributed by atoms with E-state index in [2.05, 4.69) is 29.9 Å². The molecule has 0 aromatic heterocycles. The topological polar surface area (TPSA) is 41.9 Å². The first-order valence-electron chi connectivity index (χ1n) is 7.93. The lowest BCUT2D eigenvalue weighted by molar-refractivity contribution is -0.0363. The van der Waals surface area contributed by atoms with Gasteiger partial charge in [0.1, 0.15) is 6.10 Å². The molecule has 0 radical (unpaired) electrons. The molecule has 4 aliphatic rings. The molecule has 2 bridgehead atoms. The number of piperidine rings is 1. The molecule has 4 heteroatoms. The van der Waals surface area contributed by atoms with Crippen LogP contribution in [0, 0.1) is 17.8 Å². The van der Waals surface area contributed by atoms with Gasteiger partial charge in [-0.3, -0.25) is 0 Å². The maximum absolute atomic E-state index is 10.5. The number of ether oxygens (including phenoxy) is 2. The van der Waals surface area contributed by atoms with Crippen molar-refractivity contribution < 1.29 is 14.6 Å². The Morgan fingerprint density at radius 3 is 3.09 bits per heavy atom. The second-order valence-electron chi connectivity index (χ2n) is 6.92. The largest absolute Gasteiger partial charge is 0.493 e. The van der Waals surface area contributed by atoms with Gasteiger partial charge in [0.05, 0.1) is 12.5 Å². The summed E-state index contributed by atoms with van der Waals surface area (Å²) in [4.78, 5) is 2.42. The van der Waals surface area contributed by atoms with Gasteiger partial charge in [-0.05, 0) is 38.1 Å². The molecule has 4 nitrogen and oxygen atoms in total. The van der Waals surface area contributed by atoms with Gasteiger partial charge in [-0.25, -0.2) is 0 Å². The Hall–Kier alpha value is -1.70. The Bertz CT molecular complexity index is 734. The van der Waals surface area contributed by atoms with E-state index in [0.29, 0.717) is 6.04 Å². The van der Waals surface area contributed by atoms with E-state index in [9.17, 15) is 5.11 Å². The quantitative estimate of drug-likeness (QED) is 0.784. The molecule has 1 aromatic carbocycles. The lowest BCUT2D eigenvalue weighted by Crippen LogP contribution is -2.64. The van der Waals surface area contributed by atoms with Gasteiger partial charge in [-0.1, -0.05) is 17.9 Å². The third-order valence-corrected chi connectivity index (χ3v) is 6.13. The lowest BCUT2D eigenvalue weighted by Gasteiger charge is -2.54. The molecule has 1 spiro atoms. The smallest absolute Gasteiger partial charge is 0.166 e. The summed E-state index contributed by atoms with van der Waals surface area (Å²) in [5.74, 6) is 8.23. The van der Waals surface area contributed by atoms with E-state index in [-0.39, 0.29) is 17.4 Å². The number of rotatable bonds is 1. The predicted molar refractivity (Wildman–Crippen MR) is 81.1 cm³/mol. The van der Waals surface area contributed by atoms with Crippen LogP contribution in [0.2, 0.25) is 0 Å². The molecule has 22 heavy (non-hydrogen) atoms. The van der Waals surface area contributed by atoms with E-state index in [0.717, 1.165) is 30.9 Å². The number of hydrogen-bond donors (Lipinski definition) is 1. The number of aliphatic hydroxyl groups is 1. The zero-order valence-electron chi connectivity index (χ0n) is 12.8. The molecule has 5 atom stereocenters. The van der Waals surface area contributed by atoms with Crippen LogP contribution < -0.4 is 9.47 Å². The minimum atomic E-state index is -0.719. The Kier molecular flexibility index (Phi) is 2.32. The van der Waals surface area contributed by atoms with Crippen LogP contribution in [0.3, 0.4) is 0 Å². The number of likely N-dealkylation sites (tertiary alicyclic amines) is 1. The summed E-state index contributed by atoms with van der Waals surface area (Å²) in [6, 6.07) is 4.57. The van der Waals surface area contributed by atoms with Crippen LogP contribution in [0.5, 0.6) is 11.5 Å². The van der Waals surface area contributed by atoms with Crippen molar-refractivity contribution in [1.29, 1.82) is 0 Å². The first kappa shape index (κ1) is 12.8. The molecule has 1 aromatic rings. The summed E-state index contributed by atoms with van der Waals surface area (Å²) < 4.78 is 11.8. The number of hydrogen-bond acceptors (Lipinski definition) is 4. The second-order valence-corrected chi connectivity index (χ2v) is 6.92. The number of nitrogens with zero attached hydrogens (tertiary/aromatic N) is 1. The zero-order chi connectivity index (χ0) is 15.1. The fourth-order valence-corrected chi connectivity index (χ4v) is 5.14. The molecule has 5 rings (SSSR count). The molecule has 1 saturated heterocycles. The Labute approximate surface area is 130 Å². The van der Waals surface area contributed by atoms with Gasteiger partial charge in [-0.15, -0.1) is 0 Å². The normalized spacial score (nSPS) is 40.3. The van der Waals surface area contributed by atoms with Crippen molar-refractivity contribution in [3.8, 4) is 23.3 Å². The molecular formula is C18H19NO3. The highest BCUT2D eigenvalue weighted by Gasteiger charge is 2.64. The standard InChI is InChI=1S/C18H19NO3/c1-19-8-7-18-11-4-5-13(20)17(18)22-16-14(21-2)6-3-10(15(16)18)9-12(11)19/h3,6,11-13,17,20H,7-9H2,1-2H3/t11-,12+,13-,17-,18-/m0/s1. The number of methoxy groups -OCH3 is 1. The van der Waals surface area contributed by atoms with Crippen molar-refractivity contribution in [3.63, 3.8) is 0 Å². The number of aliphatic hydroxyl groups excluding tert-OH is 1. The summed E-state index contributed by atoms with van der Waals surface area (Å²) >= 11 is 0. The maximum Gasteiger partial charge on any atom is 0.166 e. The van der Waals surface area contributed by atoms with Gasteiger partial charge in [0, 0.05) is 17.5 Å². The van der Waals surface area contributed by atoms with Crippen molar-refractivity contribution in [2.75, 3.05) is 20.7 Å². The van der Waals surface area contributed by atoms with Gasteiger partial charge >= 0.3 is 0 Å². The molecule has 2 aliphatic carbocycles. The van der Waals surface area contributed by atoms with Crippen molar-refractivity contribution in [1.82, 2.24) is 4.90 Å². The lowest BCUT2D eigenvalue weighted by atomic mass is 9.54. The number of benzene rings is 1. The molecule has 0 unspecified atom stereocenters. The van der Waals surface area contributed by atoms with Crippen molar-refractivity contribution in [2.45, 2.75) is 36.5 Å². The third kappa shape index (κ3) is 1.25. The summed E-state index contributed by atoms with van der Waals surface area (Å²) in [6.45, 7) is 1.02. The first-order chi connectivity index (χ1) is 10.7. The summed E-state index contributed by atoms with van der Waals surface area (Å²) in [7, 11) is 3.86. The minimum absolute atomic E-state index is 0.167. The summed E-state index contributed by atoms with van der Waals surface area (Å²) in [5, 5.41) is 10.5. The van der Waals surface area contributed by atoms with E-state index in [1.54, 1.807) is 7.11 Å². The van der Waals surface area contributed by atoms with Crippen LogP contribution in [0.4, 0.5) is 0 Å². The van der Waals surface area contributed by atoms with Gasteiger partial charge in [-0.2, -0.15) is 0 Å². The van der Waals surface area contributed by atoms with Crippen LogP contribution >= 0.6 is 0 Å². The van der Waals surface area contributed by atoms with Crippen LogP contribution in [0.1, 0.15) is 17.5 Å². The van der Waals surface area contributed by atoms with Crippen LogP contribution in [0.25, 0.3) is 0 Å². The van der Waals surface area contributed by atoms with E-state index in [1.807, 2.05) is 6.07 Å². The van der Waals surface area contributed by atoms with E-state index >= 15 is 0 Å². The Morgan fingerprint density at radius 1 is 1.41 bits per heavy atom. The molecular weight excluding hydrogens is 278 g/mol. The third-order valence-electron chi connectivity index (χ3n) is 6.13. The summed E-state index contributed by atoms with van der Waals surface area (Å²) in [6.07, 6.45) is 0.994. The molecule has 114 valence electrons. The molecule has 1 N–H and O–H groups in total. The summed E-state index contributed by atoms with van der Waals surface area (Å²) in [5.41, 5.74) is 2.43. The molecule has 2 aliphatic heterocycles. The van der Waals surface area contributed by atoms with Gasteiger partial charge < -0.3 is 19.5 Å². The zero-order valence-corrected chi connectivity index (χ0v) is 12.8. The highest BCUT2D eigenvalue weighted by Crippen LogP contribution is 2.61. The molecule has 1 fully saturated rings. The van der Waals surface area contributed by atoms with Crippen molar-refractivity contribution in [3.05, 3.63) is 23.3 Å². The average molecular weight is 297 g/mol. The highest BCUT2D eigenvalue weighted by atomic mass is 16.5. The van der Waals surface area contributed by atoms with Gasteiger partial charge in [0.25, 0.3) is 0 Å². The van der Waals surface area contributed by atoms with Crippen LogP contribution in [-0.2, 0) is 11.8 Å². The first-order valence-corrected chi connectivity index (χ1v) is 7.93. The van der Waals surface area contributed by atoms with Crippen molar-refractivity contribution in [2.24, 2.45) is 5.92 Å². The van der Waals surface area contributed by atoms with E-state index < -0.39 is 6.10 Å². The SMILES string of the molecule is COc1ccc2c3c1O[C@H]1[C@@H](O)C#C[C@H]4[C@@H](C2)N(C)CC[C@@]341. The molecule has 2 heterocycles. The molecule has 0 amide bonds.